The Morgan fingerprint density at radius 3 is 1.70 bits per heavy atom. The number of benzene rings is 5. The van der Waals surface area contributed by atoms with Crippen molar-refractivity contribution in [3.8, 4) is 35.2 Å². The van der Waals surface area contributed by atoms with Crippen molar-refractivity contribution in [2.45, 2.75) is 87.7 Å². The van der Waals surface area contributed by atoms with Gasteiger partial charge in [0.2, 0.25) is 26.0 Å². The van der Waals surface area contributed by atoms with Gasteiger partial charge in [-0.05, 0) is 156 Å². The van der Waals surface area contributed by atoms with E-state index in [0.29, 0.717) is 58.9 Å². The van der Waals surface area contributed by atoms with Crippen LogP contribution in [0.25, 0.3) is 0 Å². The number of carbonyl (C=O) groups is 6. The number of rotatable bonds is 24. The number of nitrogens with zero attached hydrogens (tertiary/aromatic N) is 1. The molecule has 20 nitrogen and oxygen atoms in total. The highest BCUT2D eigenvalue weighted by Gasteiger charge is 2.45. The molecule has 0 radical (unpaired) electrons. The molecule has 1 heterocycles. The third-order valence-electron chi connectivity index (χ3n) is 13.6. The number of carboxylic acids is 2. The second-order valence-corrected chi connectivity index (χ2v) is 23.8. The molecule has 2 aliphatic rings. The van der Waals surface area contributed by atoms with Gasteiger partial charge < -0.3 is 39.8 Å². The number of sulfonamides is 2. The van der Waals surface area contributed by atoms with E-state index in [2.05, 4.69) is 39.0 Å². The summed E-state index contributed by atoms with van der Waals surface area (Å²) in [6.07, 6.45) is 6.43. The van der Waals surface area contributed by atoms with Crippen LogP contribution in [-0.2, 0) is 55.1 Å². The molecule has 0 saturated carbocycles. The highest BCUT2D eigenvalue weighted by Crippen LogP contribution is 2.38. The topological polar surface area (TPSA) is 287 Å². The number of allylic oxidation sites excluding steroid dienone is 4. The first-order valence-electron chi connectivity index (χ1n) is 27.4. The van der Waals surface area contributed by atoms with Gasteiger partial charge in [-0.2, -0.15) is 9.03 Å². The van der Waals surface area contributed by atoms with Crippen molar-refractivity contribution < 1.29 is 74.8 Å². The van der Waals surface area contributed by atoms with E-state index in [-0.39, 0.29) is 54.7 Å². The summed E-state index contributed by atoms with van der Waals surface area (Å²) in [5, 5.41) is 25.2. The number of hydrogen-bond acceptors (Lipinski definition) is 15. The molecule has 1 saturated heterocycles. The predicted octanol–water partition coefficient (Wildman–Crippen LogP) is 6.60. The molecule has 0 aromatic heterocycles. The molecule has 4 atom stereocenters. The van der Waals surface area contributed by atoms with E-state index in [9.17, 15) is 55.8 Å². The summed E-state index contributed by atoms with van der Waals surface area (Å²) in [4.78, 5) is 73.9. The Bertz CT molecular complexity index is 3640. The zero-order chi connectivity index (χ0) is 62.4. The highest BCUT2D eigenvalue weighted by atomic mass is 32.2. The maximum absolute atomic E-state index is 13.8. The van der Waals surface area contributed by atoms with Crippen LogP contribution in [0.3, 0.4) is 0 Å². The van der Waals surface area contributed by atoms with Crippen molar-refractivity contribution in [2.24, 2.45) is 5.41 Å². The van der Waals surface area contributed by atoms with Crippen molar-refractivity contribution in [3.63, 3.8) is 0 Å². The van der Waals surface area contributed by atoms with Gasteiger partial charge in [-0.1, -0.05) is 83.4 Å². The van der Waals surface area contributed by atoms with Gasteiger partial charge >= 0.3 is 23.9 Å². The average Bonchev–Trinajstić information content (AvgIpc) is 2.07. The predicted molar refractivity (Wildman–Crippen MR) is 319 cm³/mol. The Kier molecular flexibility index (Phi) is 24.1. The standard InChI is InChI=1S/C33H36N2O8S.C31H32N2O8S/c1-3-42-32(39)25-10-12-26(13-11-25)43-21-5-6-24-16-18-33(19-17-24,30(36)28-7-4-20-34-28)22-29(31(37)38)35-44(40,41)27-14-8-23(2)9-15-27;1-4-40-31(37)25-13-15-26(16-14-25)41-19-5-6-23-9-11-24(12-10-23)20-28(30(35)36)32-29(34)21-33(3)42(38,39)27-17-7-22(2)8-18-27/h8-18,28-29,34-35H,3-4,7,19-22H2,1-2H3,(H,37,38);7-18,28H,4,19-21H2,1-3H3,(H,32,34)(H,35,36)/t28-,29?,33?;/m0./s1. The lowest BCUT2D eigenvalue weighted by Crippen LogP contribution is -2.49. The zero-order valence-electron chi connectivity index (χ0n) is 48.2. The molecule has 1 aliphatic heterocycles. The maximum atomic E-state index is 13.8. The van der Waals surface area contributed by atoms with Gasteiger partial charge in [0.15, 0.2) is 5.78 Å². The molecular formula is C64H68N4O16S2. The lowest BCUT2D eigenvalue weighted by molar-refractivity contribution is -0.142. The monoisotopic (exact) mass is 1210 g/mol. The van der Waals surface area contributed by atoms with Gasteiger partial charge in [0.25, 0.3) is 0 Å². The van der Waals surface area contributed by atoms with Gasteiger partial charge in [0.1, 0.15) is 36.8 Å². The van der Waals surface area contributed by atoms with Crippen molar-refractivity contribution in [2.75, 3.05) is 46.6 Å². The van der Waals surface area contributed by atoms with E-state index in [4.69, 9.17) is 18.9 Å². The van der Waals surface area contributed by atoms with Crippen LogP contribution in [0.15, 0.2) is 155 Å². The molecule has 3 unspecified atom stereocenters. The van der Waals surface area contributed by atoms with Crippen molar-refractivity contribution >= 4 is 55.6 Å². The number of ether oxygens (including phenoxy) is 4. The van der Waals surface area contributed by atoms with Gasteiger partial charge in [-0.15, -0.1) is 0 Å². The minimum absolute atomic E-state index is 0.00584. The van der Waals surface area contributed by atoms with Crippen LogP contribution in [0.2, 0.25) is 0 Å². The van der Waals surface area contributed by atoms with Crippen molar-refractivity contribution in [1.29, 1.82) is 0 Å². The van der Waals surface area contributed by atoms with Crippen LogP contribution in [0.1, 0.15) is 82.5 Å². The SMILES string of the molecule is CCOC(=O)c1ccc(OCC#CC2=CCC(CC(NS(=O)(=O)c3ccc(C)cc3)C(=O)O)(C(=O)[C@@H]3CCCN3)C=C2)cc1.CCOC(=O)c1ccc(OCC#Cc2ccc(CC(NC(=O)CN(C)S(=O)(=O)c3ccc(C)cc3)C(=O)O)cc2)cc1. The molecule has 5 N–H and O–H groups in total. The summed E-state index contributed by atoms with van der Waals surface area (Å²) in [6, 6.07) is 28.9. The molecule has 5 aromatic carbocycles. The first kappa shape index (κ1) is 66.2. The molecule has 1 aliphatic carbocycles. The van der Waals surface area contributed by atoms with Gasteiger partial charge in [-0.3, -0.25) is 14.4 Å². The first-order valence-corrected chi connectivity index (χ1v) is 30.4. The third-order valence-corrected chi connectivity index (χ3v) is 16.9. The number of ketones is 1. The van der Waals surface area contributed by atoms with Crippen LogP contribution in [0.4, 0.5) is 0 Å². The van der Waals surface area contributed by atoms with Crippen LogP contribution in [0.5, 0.6) is 11.5 Å². The average molecular weight is 1210 g/mol. The summed E-state index contributed by atoms with van der Waals surface area (Å²) in [6.45, 7) is 8.03. The van der Waals surface area contributed by atoms with E-state index >= 15 is 0 Å². The molecule has 1 fully saturated rings. The minimum Gasteiger partial charge on any atom is -0.481 e. The Balaban J connectivity index is 0.000000275. The Labute approximate surface area is 501 Å². The lowest BCUT2D eigenvalue weighted by atomic mass is 9.70. The van der Waals surface area contributed by atoms with E-state index in [0.717, 1.165) is 21.9 Å². The quantitative estimate of drug-likeness (QED) is 0.0321. The van der Waals surface area contributed by atoms with Gasteiger partial charge in [0.05, 0.1) is 52.1 Å². The van der Waals surface area contributed by atoms with Crippen LogP contribution in [0, 0.1) is 42.9 Å². The normalized spacial score (nSPS) is 16.0. The Morgan fingerprint density at radius 1 is 0.698 bits per heavy atom. The molecular weight excluding hydrogens is 1140 g/mol. The number of aliphatic carboxylic acids is 2. The molecule has 452 valence electrons. The fourth-order valence-electron chi connectivity index (χ4n) is 8.87. The third kappa shape index (κ3) is 19.3. The van der Waals surface area contributed by atoms with E-state index in [1.807, 2.05) is 13.8 Å². The number of esters is 2. The van der Waals surface area contributed by atoms with E-state index in [1.54, 1.807) is 129 Å². The first-order chi connectivity index (χ1) is 41.0. The number of nitrogens with one attached hydrogen (secondary N) is 3. The largest absolute Gasteiger partial charge is 0.481 e. The number of amides is 1. The van der Waals surface area contributed by atoms with Crippen LogP contribution >= 0.6 is 0 Å². The fourth-order valence-corrected chi connectivity index (χ4v) is 11.2. The summed E-state index contributed by atoms with van der Waals surface area (Å²) in [7, 11) is -6.81. The zero-order valence-corrected chi connectivity index (χ0v) is 49.8. The Hall–Kier alpha value is -8.90. The maximum Gasteiger partial charge on any atom is 0.338 e. The Morgan fingerprint density at radius 2 is 1.22 bits per heavy atom. The number of likely N-dealkylation sites (N-methyl/N-ethyl adjacent to an activating group) is 1. The minimum atomic E-state index is -4.16. The van der Waals surface area contributed by atoms with Gasteiger partial charge in [0, 0.05) is 24.6 Å². The lowest BCUT2D eigenvalue weighted by Gasteiger charge is -2.35. The number of Topliss-reactive ketones (excluding diaryl/α,β-unsaturated/α-hetero) is 1. The number of hydrogen-bond donors (Lipinski definition) is 5. The van der Waals surface area contributed by atoms with Crippen LogP contribution in [-0.4, -0.2) is 132 Å². The van der Waals surface area contributed by atoms with Gasteiger partial charge in [-0.25, -0.2) is 31.2 Å². The second-order valence-electron chi connectivity index (χ2n) is 20.0. The molecule has 7 rings (SSSR count). The van der Waals surface area contributed by atoms with Crippen LogP contribution < -0.4 is 24.8 Å². The fraction of sp³-hybridized carbons (Fsp3) is 0.312. The molecule has 5 aromatic rings. The van der Waals surface area contributed by atoms with Crippen molar-refractivity contribution in [3.05, 3.63) is 179 Å². The summed E-state index contributed by atoms with van der Waals surface area (Å²) < 4.78 is 75.9. The summed E-state index contributed by atoms with van der Waals surface area (Å²) in [5.41, 5.74) is 3.31. The number of aryl methyl sites for hydroxylation is 2. The van der Waals surface area contributed by atoms with E-state index in [1.165, 1.54) is 31.3 Å². The highest BCUT2D eigenvalue weighted by molar-refractivity contribution is 7.89. The number of carboxylic acid groups (broad SMARTS) is 2. The second kappa shape index (κ2) is 31.3. The molecule has 86 heavy (non-hydrogen) atoms. The smallest absolute Gasteiger partial charge is 0.338 e. The summed E-state index contributed by atoms with van der Waals surface area (Å²) in [5.74, 6) is 8.49. The van der Waals surface area contributed by atoms with Crippen molar-refractivity contribution in [1.82, 2.24) is 19.7 Å². The molecule has 1 amide bonds. The number of carbonyl (C=O) groups excluding carboxylic acids is 4. The molecule has 22 heteroatoms. The molecule has 0 spiro atoms. The van der Waals surface area contributed by atoms with E-state index < -0.39 is 79.9 Å². The molecule has 0 bridgehead atoms. The summed E-state index contributed by atoms with van der Waals surface area (Å²) >= 11 is 0.